The fourth-order valence-corrected chi connectivity index (χ4v) is 3.92. The van der Waals surface area contributed by atoms with E-state index in [1.807, 2.05) is 13.8 Å². The van der Waals surface area contributed by atoms with Crippen molar-refractivity contribution in [1.29, 1.82) is 0 Å². The number of benzene rings is 2. The summed E-state index contributed by atoms with van der Waals surface area (Å²) in [6.07, 6.45) is 0.0250. The lowest BCUT2D eigenvalue weighted by Crippen LogP contribution is -2.22. The van der Waals surface area contributed by atoms with E-state index < -0.39 is 17.8 Å². The fraction of sp³-hybridized carbons (Fsp3) is 0.273. The van der Waals surface area contributed by atoms with Gasteiger partial charge in [-0.3, -0.25) is 9.59 Å². The summed E-state index contributed by atoms with van der Waals surface area (Å²) in [7, 11) is 2.59. The standard InChI is InChI=1S/C22H22N2O6S/c1-13(2)30-16-8-5-14(6-9-16)20(26)23-22-24(12-19(25)28-3)17-10-7-15(21(27)29-4)11-18(17)31-22/h5-11,13H,12H2,1-4H3. The van der Waals surface area contributed by atoms with Gasteiger partial charge >= 0.3 is 11.9 Å². The number of amides is 1. The molecule has 0 aliphatic rings. The zero-order valence-corrected chi connectivity index (χ0v) is 18.4. The Bertz CT molecular complexity index is 1190. The molecule has 2 aromatic carbocycles. The Hall–Kier alpha value is -3.46. The molecule has 3 aromatic rings. The molecule has 8 nitrogen and oxygen atoms in total. The van der Waals surface area contributed by atoms with E-state index in [9.17, 15) is 14.4 Å². The van der Waals surface area contributed by atoms with Crippen LogP contribution in [0.2, 0.25) is 0 Å². The number of carbonyl (C=O) groups is 3. The highest BCUT2D eigenvalue weighted by Crippen LogP contribution is 2.20. The molecule has 0 saturated carbocycles. The number of aromatic nitrogens is 1. The highest BCUT2D eigenvalue weighted by molar-refractivity contribution is 7.16. The van der Waals surface area contributed by atoms with Crippen molar-refractivity contribution in [3.05, 3.63) is 58.4 Å². The number of carbonyl (C=O) groups excluding carboxylic acids is 3. The molecule has 0 saturated heterocycles. The third kappa shape index (κ3) is 5.18. The summed E-state index contributed by atoms with van der Waals surface area (Å²) in [5.41, 5.74) is 1.39. The summed E-state index contributed by atoms with van der Waals surface area (Å²) >= 11 is 1.19. The maximum atomic E-state index is 12.7. The quantitative estimate of drug-likeness (QED) is 0.544. The average Bonchev–Trinajstić information content (AvgIpc) is 3.09. The zero-order chi connectivity index (χ0) is 22.5. The molecule has 1 aromatic heterocycles. The number of nitrogens with zero attached hydrogens (tertiary/aromatic N) is 2. The Balaban J connectivity index is 2.04. The molecule has 0 unspecified atom stereocenters. The van der Waals surface area contributed by atoms with E-state index >= 15 is 0 Å². The van der Waals surface area contributed by atoms with Crippen LogP contribution in [-0.4, -0.2) is 42.7 Å². The molecule has 0 aliphatic carbocycles. The molecular formula is C22H22N2O6S. The molecule has 0 atom stereocenters. The first kappa shape index (κ1) is 22.2. The number of esters is 2. The fourth-order valence-electron chi connectivity index (χ4n) is 2.85. The second kappa shape index (κ2) is 9.57. The molecule has 0 spiro atoms. The van der Waals surface area contributed by atoms with Crippen LogP contribution in [0.15, 0.2) is 47.5 Å². The number of hydrogen-bond acceptors (Lipinski definition) is 7. The highest BCUT2D eigenvalue weighted by Gasteiger charge is 2.15. The molecule has 9 heteroatoms. The summed E-state index contributed by atoms with van der Waals surface area (Å²) in [5, 5.41) is 0. The van der Waals surface area contributed by atoms with E-state index in [0.29, 0.717) is 31.9 Å². The minimum Gasteiger partial charge on any atom is -0.491 e. The van der Waals surface area contributed by atoms with Gasteiger partial charge in [0.05, 0.1) is 36.1 Å². The van der Waals surface area contributed by atoms with Crippen LogP contribution in [0.4, 0.5) is 0 Å². The largest absolute Gasteiger partial charge is 0.491 e. The van der Waals surface area contributed by atoms with E-state index in [1.165, 1.54) is 25.6 Å². The highest BCUT2D eigenvalue weighted by atomic mass is 32.1. The summed E-state index contributed by atoms with van der Waals surface area (Å²) in [5.74, 6) is -0.770. The van der Waals surface area contributed by atoms with Crippen LogP contribution in [0.3, 0.4) is 0 Å². The molecule has 31 heavy (non-hydrogen) atoms. The molecule has 3 rings (SSSR count). The van der Waals surface area contributed by atoms with Crippen LogP contribution in [-0.2, 0) is 20.8 Å². The minimum atomic E-state index is -0.485. The van der Waals surface area contributed by atoms with Gasteiger partial charge in [0.25, 0.3) is 5.91 Å². The molecule has 0 bridgehead atoms. The second-order valence-electron chi connectivity index (χ2n) is 6.83. The van der Waals surface area contributed by atoms with E-state index in [2.05, 4.69) is 4.99 Å². The van der Waals surface area contributed by atoms with Gasteiger partial charge in [-0.2, -0.15) is 4.99 Å². The van der Waals surface area contributed by atoms with Gasteiger partial charge in [-0.05, 0) is 56.3 Å². The maximum Gasteiger partial charge on any atom is 0.337 e. The average molecular weight is 442 g/mol. The topological polar surface area (TPSA) is 96.2 Å². The van der Waals surface area contributed by atoms with Crippen molar-refractivity contribution in [2.45, 2.75) is 26.5 Å². The Morgan fingerprint density at radius 1 is 1.00 bits per heavy atom. The maximum absolute atomic E-state index is 12.7. The molecule has 0 fully saturated rings. The van der Waals surface area contributed by atoms with Gasteiger partial charge in [0.2, 0.25) is 0 Å². The normalized spacial score (nSPS) is 11.6. The predicted octanol–water partition coefficient (Wildman–Crippen LogP) is 3.19. The SMILES string of the molecule is COC(=O)Cn1c(=NC(=O)c2ccc(OC(C)C)cc2)sc2cc(C(=O)OC)ccc21. The summed E-state index contributed by atoms with van der Waals surface area (Å²) in [6.45, 7) is 3.71. The Morgan fingerprint density at radius 2 is 1.68 bits per heavy atom. The van der Waals surface area contributed by atoms with Gasteiger partial charge in [0.15, 0.2) is 4.80 Å². The lowest BCUT2D eigenvalue weighted by Gasteiger charge is -2.09. The Morgan fingerprint density at radius 3 is 2.29 bits per heavy atom. The van der Waals surface area contributed by atoms with Crippen molar-refractivity contribution in [2.75, 3.05) is 14.2 Å². The van der Waals surface area contributed by atoms with Crippen LogP contribution in [0.25, 0.3) is 10.2 Å². The number of fused-ring (bicyclic) bond motifs is 1. The van der Waals surface area contributed by atoms with Crippen molar-refractivity contribution in [3.8, 4) is 5.75 Å². The molecule has 1 heterocycles. The molecule has 0 radical (unpaired) electrons. The molecule has 0 N–H and O–H groups in total. The Labute approximate surface area is 182 Å². The number of hydrogen-bond donors (Lipinski definition) is 0. The minimum absolute atomic E-state index is 0.0250. The summed E-state index contributed by atoms with van der Waals surface area (Å²) in [6, 6.07) is 11.6. The van der Waals surface area contributed by atoms with Gasteiger partial charge in [0, 0.05) is 5.56 Å². The van der Waals surface area contributed by atoms with Crippen LogP contribution in [0.5, 0.6) is 5.75 Å². The first-order chi connectivity index (χ1) is 14.8. The van der Waals surface area contributed by atoms with Crippen LogP contribution >= 0.6 is 11.3 Å². The van der Waals surface area contributed by atoms with Gasteiger partial charge in [0.1, 0.15) is 12.3 Å². The van der Waals surface area contributed by atoms with E-state index in [4.69, 9.17) is 14.2 Å². The monoisotopic (exact) mass is 442 g/mol. The van der Waals surface area contributed by atoms with E-state index in [1.54, 1.807) is 47.0 Å². The molecule has 162 valence electrons. The summed E-state index contributed by atoms with van der Waals surface area (Å²) in [4.78, 5) is 41.0. The zero-order valence-electron chi connectivity index (χ0n) is 17.6. The van der Waals surface area contributed by atoms with Gasteiger partial charge in [-0.15, -0.1) is 0 Å². The third-order valence-electron chi connectivity index (χ3n) is 4.29. The number of ether oxygens (including phenoxy) is 3. The Kier molecular flexibility index (Phi) is 6.86. The van der Waals surface area contributed by atoms with Gasteiger partial charge < -0.3 is 18.8 Å². The number of rotatable bonds is 6. The van der Waals surface area contributed by atoms with Gasteiger partial charge in [-0.1, -0.05) is 11.3 Å². The number of methoxy groups -OCH3 is 2. The predicted molar refractivity (Wildman–Crippen MR) is 115 cm³/mol. The van der Waals surface area contributed by atoms with Crippen molar-refractivity contribution >= 4 is 39.4 Å². The van der Waals surface area contributed by atoms with Crippen molar-refractivity contribution in [2.24, 2.45) is 4.99 Å². The lowest BCUT2D eigenvalue weighted by molar-refractivity contribution is -0.141. The van der Waals surface area contributed by atoms with Crippen LogP contribution in [0, 0.1) is 0 Å². The van der Waals surface area contributed by atoms with Crippen molar-refractivity contribution in [1.82, 2.24) is 4.57 Å². The first-order valence-electron chi connectivity index (χ1n) is 9.46. The third-order valence-corrected chi connectivity index (χ3v) is 5.33. The lowest BCUT2D eigenvalue weighted by atomic mass is 10.2. The van der Waals surface area contributed by atoms with Crippen LogP contribution in [0.1, 0.15) is 34.6 Å². The summed E-state index contributed by atoms with van der Waals surface area (Å²) < 4.78 is 17.4. The van der Waals surface area contributed by atoms with Crippen LogP contribution < -0.4 is 9.54 Å². The van der Waals surface area contributed by atoms with E-state index in [-0.39, 0.29) is 12.6 Å². The number of thiazole rings is 1. The molecule has 0 aliphatic heterocycles. The molecular weight excluding hydrogens is 420 g/mol. The second-order valence-corrected chi connectivity index (χ2v) is 7.84. The van der Waals surface area contributed by atoms with Crippen molar-refractivity contribution in [3.63, 3.8) is 0 Å². The van der Waals surface area contributed by atoms with Gasteiger partial charge in [-0.25, -0.2) is 4.79 Å². The first-order valence-corrected chi connectivity index (χ1v) is 10.3. The van der Waals surface area contributed by atoms with E-state index in [0.717, 1.165) is 0 Å². The van der Waals surface area contributed by atoms with Crippen molar-refractivity contribution < 1.29 is 28.6 Å². The molecule has 1 amide bonds. The smallest absolute Gasteiger partial charge is 0.337 e.